The van der Waals surface area contributed by atoms with Gasteiger partial charge >= 0.3 is 0 Å². The van der Waals surface area contributed by atoms with Crippen molar-refractivity contribution >= 4 is 46.7 Å². The van der Waals surface area contributed by atoms with Crippen molar-refractivity contribution < 1.29 is 8.81 Å². The normalized spacial score (nSPS) is 11.3. The lowest BCUT2D eigenvalue weighted by molar-refractivity contribution is 0.514. The average Bonchev–Trinajstić information content (AvgIpc) is 2.99. The molecule has 0 aliphatic heterocycles. The van der Waals surface area contributed by atoms with Crippen LogP contribution in [0.4, 0.5) is 4.39 Å². The SMILES string of the molecule is C=c1c2ccccc2c(=C)c2oc(Sc3ccc(F)cc3)cc12. The maximum Gasteiger partial charge on any atom is 0.166 e. The quantitative estimate of drug-likeness (QED) is 0.531. The van der Waals surface area contributed by atoms with Gasteiger partial charge in [0.25, 0.3) is 0 Å². The number of rotatable bonds is 2. The molecule has 1 heterocycles. The Hall–Kier alpha value is -2.52. The van der Waals surface area contributed by atoms with E-state index in [1.807, 2.05) is 30.3 Å². The molecule has 0 bridgehead atoms. The van der Waals surface area contributed by atoms with Crippen LogP contribution >= 0.6 is 11.8 Å². The predicted octanol–water partition coefficient (Wildman–Crippen LogP) is 4.70. The molecule has 0 amide bonds. The molecule has 1 nitrogen and oxygen atoms in total. The van der Waals surface area contributed by atoms with E-state index in [9.17, 15) is 4.39 Å². The van der Waals surface area contributed by atoms with Crippen molar-refractivity contribution in [2.24, 2.45) is 0 Å². The summed E-state index contributed by atoms with van der Waals surface area (Å²) in [5, 5.41) is 5.67. The van der Waals surface area contributed by atoms with E-state index in [0.29, 0.717) is 0 Å². The number of benzene rings is 3. The molecule has 0 N–H and O–H groups in total. The maximum atomic E-state index is 13.0. The van der Waals surface area contributed by atoms with Gasteiger partial charge in [0.2, 0.25) is 0 Å². The first-order valence-electron chi connectivity index (χ1n) is 7.19. The van der Waals surface area contributed by atoms with Gasteiger partial charge in [-0.3, -0.25) is 0 Å². The Morgan fingerprint density at radius 2 is 1.48 bits per heavy atom. The van der Waals surface area contributed by atoms with E-state index < -0.39 is 0 Å². The average molecular weight is 320 g/mol. The zero-order valence-electron chi connectivity index (χ0n) is 12.3. The Balaban J connectivity index is 1.91. The van der Waals surface area contributed by atoms with Gasteiger partial charge in [-0.1, -0.05) is 49.2 Å². The Labute approximate surface area is 136 Å². The van der Waals surface area contributed by atoms with Gasteiger partial charge in [0.15, 0.2) is 5.09 Å². The first kappa shape index (κ1) is 14.1. The van der Waals surface area contributed by atoms with Crippen LogP contribution in [0, 0.1) is 5.82 Å². The number of hydrogen-bond acceptors (Lipinski definition) is 2. The summed E-state index contributed by atoms with van der Waals surface area (Å²) in [5.41, 5.74) is 0.762. The van der Waals surface area contributed by atoms with Crippen LogP contribution in [-0.4, -0.2) is 0 Å². The lowest BCUT2D eigenvalue weighted by Gasteiger charge is -2.00. The smallest absolute Gasteiger partial charge is 0.166 e. The van der Waals surface area contributed by atoms with Gasteiger partial charge in [0, 0.05) is 15.5 Å². The van der Waals surface area contributed by atoms with Crippen molar-refractivity contribution in [1.82, 2.24) is 0 Å². The summed E-state index contributed by atoms with van der Waals surface area (Å²) in [6.07, 6.45) is 0. The van der Waals surface area contributed by atoms with Crippen LogP contribution in [0.15, 0.2) is 69.0 Å². The second-order valence-corrected chi connectivity index (χ2v) is 6.44. The Morgan fingerprint density at radius 3 is 2.17 bits per heavy atom. The van der Waals surface area contributed by atoms with Crippen molar-refractivity contribution in [3.63, 3.8) is 0 Å². The van der Waals surface area contributed by atoms with E-state index in [0.717, 1.165) is 42.2 Å². The highest BCUT2D eigenvalue weighted by molar-refractivity contribution is 7.99. The minimum Gasteiger partial charge on any atom is -0.449 e. The molecule has 0 radical (unpaired) electrons. The molecule has 0 aliphatic rings. The lowest BCUT2D eigenvalue weighted by atomic mass is 10.0. The second kappa shape index (κ2) is 5.28. The van der Waals surface area contributed by atoms with Gasteiger partial charge in [0.05, 0.1) is 0 Å². The number of hydrogen-bond donors (Lipinski definition) is 0. The topological polar surface area (TPSA) is 13.1 Å². The Morgan fingerprint density at radius 1 is 0.826 bits per heavy atom. The van der Waals surface area contributed by atoms with Crippen molar-refractivity contribution in [2.75, 3.05) is 0 Å². The van der Waals surface area contributed by atoms with Crippen LogP contribution in [0.25, 0.3) is 34.9 Å². The van der Waals surface area contributed by atoms with E-state index in [1.54, 1.807) is 12.1 Å². The van der Waals surface area contributed by atoms with Crippen molar-refractivity contribution in [2.45, 2.75) is 9.99 Å². The van der Waals surface area contributed by atoms with Crippen LogP contribution in [-0.2, 0) is 0 Å². The van der Waals surface area contributed by atoms with Gasteiger partial charge in [0.1, 0.15) is 11.4 Å². The summed E-state index contributed by atoms with van der Waals surface area (Å²) in [6, 6.07) is 16.4. The molecule has 112 valence electrons. The van der Waals surface area contributed by atoms with Gasteiger partial charge in [-0.05, 0) is 46.3 Å². The number of fused-ring (bicyclic) bond motifs is 2. The molecule has 0 spiro atoms. The first-order valence-corrected chi connectivity index (χ1v) is 8.01. The summed E-state index contributed by atoms with van der Waals surface area (Å²) >= 11 is 1.46. The van der Waals surface area contributed by atoms with Crippen molar-refractivity contribution in [3.8, 4) is 0 Å². The third-order valence-electron chi connectivity index (χ3n) is 3.92. The van der Waals surface area contributed by atoms with E-state index >= 15 is 0 Å². The minimum absolute atomic E-state index is 0.245. The molecular formula is C20H13FOS. The Kier molecular flexibility index (Phi) is 3.24. The van der Waals surface area contributed by atoms with Gasteiger partial charge < -0.3 is 4.42 Å². The second-order valence-electron chi connectivity index (χ2n) is 5.37. The number of halogens is 1. The Bertz CT molecular complexity index is 1060. The fraction of sp³-hybridized carbons (Fsp3) is 0. The highest BCUT2D eigenvalue weighted by Crippen LogP contribution is 2.31. The summed E-state index contributed by atoms with van der Waals surface area (Å²) in [7, 11) is 0. The van der Waals surface area contributed by atoms with Gasteiger partial charge in [-0.2, -0.15) is 0 Å². The van der Waals surface area contributed by atoms with E-state index in [-0.39, 0.29) is 5.82 Å². The summed E-state index contributed by atoms with van der Waals surface area (Å²) < 4.78 is 19.0. The molecule has 3 heteroatoms. The van der Waals surface area contributed by atoms with Gasteiger partial charge in [-0.15, -0.1) is 0 Å². The lowest BCUT2D eigenvalue weighted by Crippen LogP contribution is -2.10. The summed E-state index contributed by atoms with van der Waals surface area (Å²) in [5.74, 6) is -0.245. The molecule has 0 atom stereocenters. The van der Waals surface area contributed by atoms with Crippen LogP contribution in [0.5, 0.6) is 0 Å². The van der Waals surface area contributed by atoms with Crippen LogP contribution in [0.1, 0.15) is 0 Å². The molecule has 3 aromatic carbocycles. The predicted molar refractivity (Wildman–Crippen MR) is 94.5 cm³/mol. The molecule has 4 rings (SSSR count). The molecule has 0 saturated heterocycles. The molecular weight excluding hydrogens is 307 g/mol. The molecule has 23 heavy (non-hydrogen) atoms. The molecule has 0 aliphatic carbocycles. The minimum atomic E-state index is -0.245. The van der Waals surface area contributed by atoms with Crippen LogP contribution in [0.3, 0.4) is 0 Å². The molecule has 0 unspecified atom stereocenters. The fourth-order valence-electron chi connectivity index (χ4n) is 2.76. The maximum absolute atomic E-state index is 13.0. The number of furan rings is 1. The largest absolute Gasteiger partial charge is 0.449 e. The first-order chi connectivity index (χ1) is 11.1. The van der Waals surface area contributed by atoms with E-state index in [1.165, 1.54) is 23.9 Å². The zero-order chi connectivity index (χ0) is 16.0. The monoisotopic (exact) mass is 320 g/mol. The van der Waals surface area contributed by atoms with Crippen LogP contribution in [0.2, 0.25) is 0 Å². The third kappa shape index (κ3) is 2.34. The molecule has 0 saturated carbocycles. The third-order valence-corrected chi connectivity index (χ3v) is 4.83. The van der Waals surface area contributed by atoms with E-state index in [2.05, 4.69) is 13.2 Å². The molecule has 0 fully saturated rings. The highest BCUT2D eigenvalue weighted by atomic mass is 32.2. The summed E-state index contributed by atoms with van der Waals surface area (Å²) in [6.45, 7) is 8.37. The highest BCUT2D eigenvalue weighted by Gasteiger charge is 2.10. The summed E-state index contributed by atoms with van der Waals surface area (Å²) in [4.78, 5) is 0.922. The van der Waals surface area contributed by atoms with E-state index in [4.69, 9.17) is 4.42 Å². The fourth-order valence-corrected chi connectivity index (χ4v) is 3.57. The van der Waals surface area contributed by atoms with Crippen molar-refractivity contribution in [3.05, 3.63) is 70.9 Å². The standard InChI is InChI=1S/C20H13FOS/c1-12-16-5-3-4-6-17(16)13(2)20-18(12)11-19(22-20)23-15-9-7-14(21)8-10-15/h3-11H,1-2H2. The molecule has 4 aromatic rings. The zero-order valence-corrected chi connectivity index (χ0v) is 13.1. The van der Waals surface area contributed by atoms with Crippen LogP contribution < -0.4 is 10.4 Å². The molecule has 1 aromatic heterocycles. The van der Waals surface area contributed by atoms with Gasteiger partial charge in [-0.25, -0.2) is 4.39 Å². The van der Waals surface area contributed by atoms with Crippen molar-refractivity contribution in [1.29, 1.82) is 0 Å².